The maximum Gasteiger partial charge on any atom is 0.340 e. The number of thiazole rings is 1. The molecule has 0 bridgehead atoms. The Kier molecular flexibility index (Phi) is 5.04. The van der Waals surface area contributed by atoms with Gasteiger partial charge in [0.25, 0.3) is 5.91 Å². The Morgan fingerprint density at radius 2 is 1.77 bits per heavy atom. The summed E-state index contributed by atoms with van der Waals surface area (Å²) < 4.78 is 16.1. The van der Waals surface area contributed by atoms with E-state index in [-0.39, 0.29) is 17.2 Å². The number of anilines is 1. The van der Waals surface area contributed by atoms with E-state index in [0.717, 1.165) is 10.2 Å². The number of esters is 1. The van der Waals surface area contributed by atoms with Gasteiger partial charge in [-0.1, -0.05) is 0 Å². The molecule has 0 fully saturated rings. The quantitative estimate of drug-likeness (QED) is 0.691. The first-order chi connectivity index (χ1) is 12.6. The lowest BCUT2D eigenvalue weighted by atomic mass is 10.1. The number of rotatable bonds is 5. The van der Waals surface area contributed by atoms with Crippen LogP contribution in [0, 0.1) is 0 Å². The highest BCUT2D eigenvalue weighted by atomic mass is 32.1. The third kappa shape index (κ3) is 3.31. The van der Waals surface area contributed by atoms with Crippen LogP contribution >= 0.6 is 11.3 Å². The second-order valence-electron chi connectivity index (χ2n) is 5.23. The van der Waals surface area contributed by atoms with Gasteiger partial charge in [-0.25, -0.2) is 9.78 Å². The van der Waals surface area contributed by atoms with E-state index >= 15 is 0 Å². The Balaban J connectivity index is 1.98. The molecule has 0 aliphatic rings. The van der Waals surface area contributed by atoms with E-state index in [1.807, 2.05) is 0 Å². The number of hydrogen-bond donors (Lipinski definition) is 1. The molecule has 1 heterocycles. The van der Waals surface area contributed by atoms with Crippen molar-refractivity contribution in [3.05, 3.63) is 47.0 Å². The third-order valence-corrected chi connectivity index (χ3v) is 4.56. The molecule has 0 saturated carbocycles. The van der Waals surface area contributed by atoms with E-state index in [1.165, 1.54) is 44.8 Å². The molecular formula is C18H16N2O5S. The van der Waals surface area contributed by atoms with Crippen LogP contribution in [0.4, 0.5) is 5.69 Å². The average molecular weight is 372 g/mol. The first kappa shape index (κ1) is 17.7. The number of carbonyl (C=O) groups excluding carboxylic acids is 2. The molecule has 2 aromatic carbocycles. The number of aromatic nitrogens is 1. The second-order valence-corrected chi connectivity index (χ2v) is 6.12. The predicted molar refractivity (Wildman–Crippen MR) is 98.5 cm³/mol. The number of benzene rings is 2. The van der Waals surface area contributed by atoms with Gasteiger partial charge in [0.1, 0.15) is 0 Å². The summed E-state index contributed by atoms with van der Waals surface area (Å²) in [5.41, 5.74) is 3.43. The highest BCUT2D eigenvalue weighted by molar-refractivity contribution is 7.16. The van der Waals surface area contributed by atoms with Gasteiger partial charge in [0.2, 0.25) is 0 Å². The number of amides is 1. The molecule has 8 heteroatoms. The molecule has 1 N–H and O–H groups in total. The van der Waals surface area contributed by atoms with Crippen LogP contribution in [0.3, 0.4) is 0 Å². The molecule has 26 heavy (non-hydrogen) atoms. The van der Waals surface area contributed by atoms with Crippen LogP contribution in [-0.2, 0) is 4.74 Å². The molecule has 0 aliphatic carbocycles. The van der Waals surface area contributed by atoms with Crippen LogP contribution in [0.15, 0.2) is 35.8 Å². The van der Waals surface area contributed by atoms with Gasteiger partial charge < -0.3 is 19.5 Å². The summed E-state index contributed by atoms with van der Waals surface area (Å²) in [7, 11) is 4.20. The molecular weight excluding hydrogens is 356 g/mol. The minimum Gasteiger partial charge on any atom is -0.493 e. The van der Waals surface area contributed by atoms with E-state index < -0.39 is 5.97 Å². The van der Waals surface area contributed by atoms with Crippen molar-refractivity contribution in [3.8, 4) is 11.5 Å². The van der Waals surface area contributed by atoms with E-state index in [9.17, 15) is 9.59 Å². The van der Waals surface area contributed by atoms with Crippen LogP contribution in [0.1, 0.15) is 20.7 Å². The lowest BCUT2D eigenvalue weighted by molar-refractivity contribution is 0.0601. The Morgan fingerprint density at radius 1 is 1.04 bits per heavy atom. The highest BCUT2D eigenvalue weighted by Gasteiger charge is 2.19. The maximum atomic E-state index is 12.6. The Labute approximate surface area is 153 Å². The van der Waals surface area contributed by atoms with Crippen LogP contribution in [0.2, 0.25) is 0 Å². The van der Waals surface area contributed by atoms with Crippen LogP contribution in [0.5, 0.6) is 11.5 Å². The fraction of sp³-hybridized carbons (Fsp3) is 0.167. The lowest BCUT2D eigenvalue weighted by Crippen LogP contribution is -2.16. The molecule has 0 radical (unpaired) electrons. The topological polar surface area (TPSA) is 86.8 Å². The standard InChI is InChI=1S/C18H16N2O5S/c1-23-14-7-11(18(22)25-3)13(8-15(14)24-2)20-17(21)10-4-5-12-16(6-10)26-9-19-12/h4-9H,1-3H3,(H,20,21). The van der Waals surface area contributed by atoms with E-state index in [1.54, 1.807) is 23.7 Å². The normalized spacial score (nSPS) is 10.4. The summed E-state index contributed by atoms with van der Waals surface area (Å²) in [5.74, 6) is -0.220. The van der Waals surface area contributed by atoms with Crippen molar-refractivity contribution >= 4 is 39.1 Å². The summed E-state index contributed by atoms with van der Waals surface area (Å²) in [6, 6.07) is 8.19. The zero-order chi connectivity index (χ0) is 18.7. The molecule has 0 atom stereocenters. The van der Waals surface area contributed by atoms with Crippen molar-refractivity contribution < 1.29 is 23.8 Å². The SMILES string of the molecule is COC(=O)c1cc(OC)c(OC)cc1NC(=O)c1ccc2ncsc2c1. The van der Waals surface area contributed by atoms with Gasteiger partial charge in [-0.15, -0.1) is 11.3 Å². The van der Waals surface area contributed by atoms with Crippen molar-refractivity contribution in [1.82, 2.24) is 4.98 Å². The Hall–Kier alpha value is -3.13. The highest BCUT2D eigenvalue weighted by Crippen LogP contribution is 2.34. The van der Waals surface area contributed by atoms with E-state index in [0.29, 0.717) is 17.1 Å². The van der Waals surface area contributed by atoms with Gasteiger partial charge >= 0.3 is 5.97 Å². The van der Waals surface area contributed by atoms with E-state index in [4.69, 9.17) is 14.2 Å². The van der Waals surface area contributed by atoms with Crippen LogP contribution in [-0.4, -0.2) is 38.2 Å². The summed E-state index contributed by atoms with van der Waals surface area (Å²) in [4.78, 5) is 28.9. The van der Waals surface area contributed by atoms with Crippen LogP contribution in [0.25, 0.3) is 10.2 Å². The largest absolute Gasteiger partial charge is 0.493 e. The fourth-order valence-electron chi connectivity index (χ4n) is 2.45. The van der Waals surface area contributed by atoms with Gasteiger partial charge in [0.15, 0.2) is 11.5 Å². The fourth-order valence-corrected chi connectivity index (χ4v) is 3.17. The van der Waals surface area contributed by atoms with Gasteiger partial charge in [-0.2, -0.15) is 0 Å². The molecule has 3 rings (SSSR count). The molecule has 0 spiro atoms. The van der Waals surface area contributed by atoms with Crippen molar-refractivity contribution in [2.24, 2.45) is 0 Å². The molecule has 0 unspecified atom stereocenters. The van der Waals surface area contributed by atoms with Gasteiger partial charge in [0, 0.05) is 17.7 Å². The minimum absolute atomic E-state index is 0.164. The predicted octanol–water partition coefficient (Wildman–Crippen LogP) is 3.35. The number of carbonyl (C=O) groups is 2. The minimum atomic E-state index is -0.598. The zero-order valence-electron chi connectivity index (χ0n) is 14.4. The number of methoxy groups -OCH3 is 3. The maximum absolute atomic E-state index is 12.6. The van der Waals surface area contributed by atoms with Gasteiger partial charge in [0.05, 0.1) is 48.3 Å². The average Bonchev–Trinajstić information content (AvgIpc) is 3.14. The molecule has 0 saturated heterocycles. The van der Waals surface area contributed by atoms with Crippen LogP contribution < -0.4 is 14.8 Å². The molecule has 0 aliphatic heterocycles. The molecule has 7 nitrogen and oxygen atoms in total. The monoisotopic (exact) mass is 372 g/mol. The Morgan fingerprint density at radius 3 is 2.46 bits per heavy atom. The molecule has 1 aromatic heterocycles. The molecule has 3 aromatic rings. The second kappa shape index (κ2) is 7.40. The number of fused-ring (bicyclic) bond motifs is 1. The molecule has 1 amide bonds. The van der Waals surface area contributed by atoms with Crippen molar-refractivity contribution in [2.45, 2.75) is 0 Å². The molecule has 134 valence electrons. The Bertz CT molecular complexity index is 983. The van der Waals surface area contributed by atoms with Gasteiger partial charge in [-0.3, -0.25) is 4.79 Å². The number of nitrogens with zero attached hydrogens (tertiary/aromatic N) is 1. The first-order valence-electron chi connectivity index (χ1n) is 7.56. The summed E-state index contributed by atoms with van der Waals surface area (Å²) in [6.45, 7) is 0. The third-order valence-electron chi connectivity index (χ3n) is 3.77. The van der Waals surface area contributed by atoms with Gasteiger partial charge in [-0.05, 0) is 18.2 Å². The number of ether oxygens (including phenoxy) is 3. The van der Waals surface area contributed by atoms with Crippen molar-refractivity contribution in [1.29, 1.82) is 0 Å². The first-order valence-corrected chi connectivity index (χ1v) is 8.44. The van der Waals surface area contributed by atoms with E-state index in [2.05, 4.69) is 10.3 Å². The summed E-state index contributed by atoms with van der Waals surface area (Å²) in [5, 5.41) is 2.73. The van der Waals surface area contributed by atoms with Crippen molar-refractivity contribution in [2.75, 3.05) is 26.6 Å². The zero-order valence-corrected chi connectivity index (χ0v) is 15.2. The number of hydrogen-bond acceptors (Lipinski definition) is 7. The van der Waals surface area contributed by atoms with Crippen molar-refractivity contribution in [3.63, 3.8) is 0 Å². The summed E-state index contributed by atoms with van der Waals surface area (Å²) >= 11 is 1.45. The summed E-state index contributed by atoms with van der Waals surface area (Å²) in [6.07, 6.45) is 0. The number of nitrogens with one attached hydrogen (secondary N) is 1. The smallest absolute Gasteiger partial charge is 0.340 e. The lowest BCUT2D eigenvalue weighted by Gasteiger charge is -2.14.